The fraction of sp³-hybridized carbons (Fsp3) is 0.667. The van der Waals surface area contributed by atoms with Crippen molar-refractivity contribution in [3.05, 3.63) is 12.7 Å². The molecule has 3 N–H and O–H groups in total. The zero-order valence-corrected chi connectivity index (χ0v) is 11.0. The lowest BCUT2D eigenvalue weighted by Gasteiger charge is -2.35. The molecule has 18 heavy (non-hydrogen) atoms. The Bertz CT molecular complexity index is 309. The van der Waals surface area contributed by atoms with Gasteiger partial charge in [-0.3, -0.25) is 15.0 Å². The third-order valence-electron chi connectivity index (χ3n) is 2.66. The average Bonchev–Trinajstić information content (AvgIpc) is 2.24. The molecule has 1 aliphatic heterocycles. The molecule has 2 atom stereocenters. The predicted octanol–water partition coefficient (Wildman–Crippen LogP) is -0.320. The molecule has 0 aromatic heterocycles. The van der Waals surface area contributed by atoms with E-state index in [1.165, 1.54) is 0 Å². The van der Waals surface area contributed by atoms with E-state index in [0.29, 0.717) is 18.6 Å². The molecular formula is C12H22N4O2. The number of hydrogen-bond acceptors (Lipinski definition) is 4. The topological polar surface area (TPSA) is 73.5 Å². The number of hydrogen-bond donors (Lipinski definition) is 3. The summed E-state index contributed by atoms with van der Waals surface area (Å²) in [4.78, 5) is 24.9. The number of carbonyl (C=O) groups excluding carboxylic acids is 2. The SMILES string of the molecule is C=CCNC(=O)NC(=O)CN1CC(C)NC(C)C1. The van der Waals surface area contributed by atoms with Gasteiger partial charge in [0.1, 0.15) is 0 Å². The van der Waals surface area contributed by atoms with Gasteiger partial charge in [0.05, 0.1) is 6.54 Å². The Hall–Kier alpha value is -1.40. The largest absolute Gasteiger partial charge is 0.334 e. The molecule has 2 unspecified atom stereocenters. The highest BCUT2D eigenvalue weighted by atomic mass is 16.2. The predicted molar refractivity (Wildman–Crippen MR) is 70.2 cm³/mol. The normalized spacial score (nSPS) is 24.3. The lowest BCUT2D eigenvalue weighted by atomic mass is 10.1. The van der Waals surface area contributed by atoms with Crippen LogP contribution in [0.4, 0.5) is 4.79 Å². The highest BCUT2D eigenvalue weighted by Crippen LogP contribution is 2.02. The Kier molecular flexibility index (Phi) is 5.80. The molecule has 0 aliphatic carbocycles. The van der Waals surface area contributed by atoms with Crippen molar-refractivity contribution in [1.29, 1.82) is 0 Å². The molecule has 0 spiro atoms. The van der Waals surface area contributed by atoms with Gasteiger partial charge in [0.2, 0.25) is 5.91 Å². The molecule has 6 nitrogen and oxygen atoms in total. The molecule has 1 rings (SSSR count). The fourth-order valence-corrected chi connectivity index (χ4v) is 2.15. The standard InChI is InChI=1S/C12H22N4O2/c1-4-5-13-12(18)15-11(17)8-16-6-9(2)14-10(3)7-16/h4,9-10,14H,1,5-8H2,2-3H3,(H2,13,15,17,18). The first-order valence-corrected chi connectivity index (χ1v) is 6.18. The van der Waals surface area contributed by atoms with Crippen molar-refractivity contribution >= 4 is 11.9 Å². The molecule has 1 saturated heterocycles. The van der Waals surface area contributed by atoms with Crippen molar-refractivity contribution in [3.8, 4) is 0 Å². The van der Waals surface area contributed by atoms with Gasteiger partial charge >= 0.3 is 6.03 Å². The lowest BCUT2D eigenvalue weighted by molar-refractivity contribution is -0.121. The zero-order chi connectivity index (χ0) is 13.5. The van der Waals surface area contributed by atoms with Crippen LogP contribution in [-0.2, 0) is 4.79 Å². The first kappa shape index (κ1) is 14.7. The number of urea groups is 1. The number of rotatable bonds is 4. The van der Waals surface area contributed by atoms with Crippen LogP contribution in [-0.4, -0.2) is 55.1 Å². The maximum atomic E-state index is 11.6. The number of piperazine rings is 1. The van der Waals surface area contributed by atoms with Crippen LogP contribution in [0.2, 0.25) is 0 Å². The van der Waals surface area contributed by atoms with Crippen molar-refractivity contribution in [1.82, 2.24) is 20.9 Å². The van der Waals surface area contributed by atoms with E-state index in [1.807, 2.05) is 4.90 Å². The molecule has 3 amide bonds. The van der Waals surface area contributed by atoms with Crippen molar-refractivity contribution in [2.45, 2.75) is 25.9 Å². The minimum atomic E-state index is -0.476. The highest BCUT2D eigenvalue weighted by molar-refractivity contribution is 5.95. The van der Waals surface area contributed by atoms with E-state index in [4.69, 9.17) is 0 Å². The summed E-state index contributed by atoms with van der Waals surface area (Å²) in [6.45, 7) is 9.86. The van der Waals surface area contributed by atoms with E-state index in [2.05, 4.69) is 36.4 Å². The molecule has 0 radical (unpaired) electrons. The van der Waals surface area contributed by atoms with Gasteiger partial charge in [-0.15, -0.1) is 6.58 Å². The van der Waals surface area contributed by atoms with Gasteiger partial charge < -0.3 is 10.6 Å². The fourth-order valence-electron chi connectivity index (χ4n) is 2.15. The summed E-state index contributed by atoms with van der Waals surface area (Å²) in [5.41, 5.74) is 0. The second-order valence-electron chi connectivity index (χ2n) is 4.71. The van der Waals surface area contributed by atoms with Gasteiger partial charge in [0.25, 0.3) is 0 Å². The van der Waals surface area contributed by atoms with Gasteiger partial charge in [0, 0.05) is 31.7 Å². The van der Waals surface area contributed by atoms with Crippen molar-refractivity contribution in [3.63, 3.8) is 0 Å². The maximum Gasteiger partial charge on any atom is 0.321 e. The number of carbonyl (C=O) groups is 2. The van der Waals surface area contributed by atoms with E-state index < -0.39 is 6.03 Å². The molecule has 1 heterocycles. The minimum Gasteiger partial charge on any atom is -0.334 e. The molecule has 0 aromatic carbocycles. The number of nitrogens with zero attached hydrogens (tertiary/aromatic N) is 1. The van der Waals surface area contributed by atoms with Crippen molar-refractivity contribution < 1.29 is 9.59 Å². The Morgan fingerprint density at radius 2 is 2.00 bits per heavy atom. The Morgan fingerprint density at radius 3 is 2.56 bits per heavy atom. The Morgan fingerprint density at radius 1 is 1.39 bits per heavy atom. The van der Waals surface area contributed by atoms with Crippen LogP contribution < -0.4 is 16.0 Å². The third kappa shape index (κ3) is 5.29. The number of amides is 3. The lowest BCUT2D eigenvalue weighted by Crippen LogP contribution is -2.56. The van der Waals surface area contributed by atoms with E-state index in [9.17, 15) is 9.59 Å². The Labute approximate surface area is 108 Å². The van der Waals surface area contributed by atoms with Crippen LogP contribution in [0.5, 0.6) is 0 Å². The zero-order valence-electron chi connectivity index (χ0n) is 11.0. The van der Waals surface area contributed by atoms with Crippen LogP contribution in [0.3, 0.4) is 0 Å². The number of nitrogens with one attached hydrogen (secondary N) is 3. The summed E-state index contributed by atoms with van der Waals surface area (Å²) in [6.07, 6.45) is 1.56. The summed E-state index contributed by atoms with van der Waals surface area (Å²) < 4.78 is 0. The van der Waals surface area contributed by atoms with E-state index in [0.717, 1.165) is 13.1 Å². The van der Waals surface area contributed by atoms with Gasteiger partial charge in [-0.05, 0) is 13.8 Å². The first-order chi connectivity index (χ1) is 8.51. The number of imide groups is 1. The maximum absolute atomic E-state index is 11.6. The molecule has 0 bridgehead atoms. The average molecular weight is 254 g/mol. The van der Waals surface area contributed by atoms with Crippen LogP contribution in [0.25, 0.3) is 0 Å². The van der Waals surface area contributed by atoms with Gasteiger partial charge in [-0.25, -0.2) is 4.79 Å². The molecular weight excluding hydrogens is 232 g/mol. The molecule has 0 saturated carbocycles. The van der Waals surface area contributed by atoms with E-state index in [-0.39, 0.29) is 12.5 Å². The second kappa shape index (κ2) is 7.13. The summed E-state index contributed by atoms with van der Waals surface area (Å²) >= 11 is 0. The van der Waals surface area contributed by atoms with Crippen molar-refractivity contribution in [2.75, 3.05) is 26.2 Å². The summed E-state index contributed by atoms with van der Waals surface area (Å²) in [5, 5.41) is 8.18. The van der Waals surface area contributed by atoms with Crippen LogP contribution >= 0.6 is 0 Å². The van der Waals surface area contributed by atoms with Crippen LogP contribution in [0, 0.1) is 0 Å². The molecule has 1 fully saturated rings. The molecule has 6 heteroatoms. The summed E-state index contributed by atoms with van der Waals surface area (Å²) in [7, 11) is 0. The van der Waals surface area contributed by atoms with E-state index >= 15 is 0 Å². The molecule has 0 aromatic rings. The smallest absolute Gasteiger partial charge is 0.321 e. The third-order valence-corrected chi connectivity index (χ3v) is 2.66. The molecule has 1 aliphatic rings. The highest BCUT2D eigenvalue weighted by Gasteiger charge is 2.22. The van der Waals surface area contributed by atoms with Crippen LogP contribution in [0.15, 0.2) is 12.7 Å². The van der Waals surface area contributed by atoms with Crippen LogP contribution in [0.1, 0.15) is 13.8 Å². The van der Waals surface area contributed by atoms with E-state index in [1.54, 1.807) is 6.08 Å². The van der Waals surface area contributed by atoms with Gasteiger partial charge in [-0.2, -0.15) is 0 Å². The first-order valence-electron chi connectivity index (χ1n) is 6.18. The minimum absolute atomic E-state index is 0.248. The quantitative estimate of drug-likeness (QED) is 0.601. The molecule has 102 valence electrons. The Balaban J connectivity index is 2.30. The van der Waals surface area contributed by atoms with Crippen molar-refractivity contribution in [2.24, 2.45) is 0 Å². The van der Waals surface area contributed by atoms with Gasteiger partial charge in [-0.1, -0.05) is 6.08 Å². The second-order valence-corrected chi connectivity index (χ2v) is 4.71. The summed E-state index contributed by atoms with van der Waals surface area (Å²) in [6, 6.07) is 0.239. The summed E-state index contributed by atoms with van der Waals surface area (Å²) in [5.74, 6) is -0.280. The van der Waals surface area contributed by atoms with Gasteiger partial charge in [0.15, 0.2) is 0 Å². The monoisotopic (exact) mass is 254 g/mol.